The van der Waals surface area contributed by atoms with Gasteiger partial charge in [0.25, 0.3) is 0 Å². The molecule has 3 aromatic rings. The Hall–Kier alpha value is -3.15. The number of carbonyl (C=O) groups excluding carboxylic acids is 1. The van der Waals surface area contributed by atoms with Gasteiger partial charge in [-0.2, -0.15) is 0 Å². The molecular formula is C17H12FN2O3-. The lowest BCUT2D eigenvalue weighted by Gasteiger charge is -2.01. The van der Waals surface area contributed by atoms with Gasteiger partial charge < -0.3 is 19.6 Å². The molecule has 2 aromatic carbocycles. The number of hydrogen-bond acceptors (Lipinski definition) is 4. The van der Waals surface area contributed by atoms with Crippen LogP contribution in [0.15, 0.2) is 36.4 Å². The number of hydrogen-bond donors (Lipinski definition) is 1. The van der Waals surface area contributed by atoms with E-state index in [-0.39, 0.29) is 11.3 Å². The average Bonchev–Trinajstić information content (AvgIpc) is 2.95. The van der Waals surface area contributed by atoms with Gasteiger partial charge in [-0.15, -0.1) is 0 Å². The van der Waals surface area contributed by atoms with Gasteiger partial charge in [0.2, 0.25) is 0 Å². The second-order valence-corrected chi connectivity index (χ2v) is 4.84. The lowest BCUT2D eigenvalue weighted by molar-refractivity contribution is -0.254. The summed E-state index contributed by atoms with van der Waals surface area (Å²) in [5.74, 6) is -1.11. The number of nitrogens with zero attached hydrogens (tertiary/aromatic N) is 1. The number of ether oxygens (including phenoxy) is 1. The number of carboxylic acids is 1. The minimum atomic E-state index is -1.28. The minimum Gasteiger partial charge on any atom is -0.545 e. The Labute approximate surface area is 131 Å². The number of benzene rings is 2. The summed E-state index contributed by atoms with van der Waals surface area (Å²) in [6.45, 7) is 0. The van der Waals surface area contributed by atoms with E-state index >= 15 is 0 Å². The Morgan fingerprint density at radius 3 is 2.83 bits per heavy atom. The van der Waals surface area contributed by atoms with Gasteiger partial charge in [-0.25, -0.2) is 9.37 Å². The van der Waals surface area contributed by atoms with E-state index in [1.165, 1.54) is 25.3 Å². The molecule has 0 unspecified atom stereocenters. The normalized spacial score (nSPS) is 11.2. The van der Waals surface area contributed by atoms with E-state index in [1.807, 2.05) is 0 Å². The highest BCUT2D eigenvalue weighted by molar-refractivity contribution is 6.00. The second kappa shape index (κ2) is 5.92. The number of H-pyrrole nitrogens is 1. The van der Waals surface area contributed by atoms with Gasteiger partial charge in [-0.05, 0) is 29.8 Å². The van der Waals surface area contributed by atoms with E-state index in [0.29, 0.717) is 22.4 Å². The van der Waals surface area contributed by atoms with Crippen LogP contribution in [0.4, 0.5) is 4.39 Å². The number of aromatic nitrogens is 2. The molecule has 0 bridgehead atoms. The summed E-state index contributed by atoms with van der Waals surface area (Å²) in [5, 5.41) is 11.1. The topological polar surface area (TPSA) is 78.0 Å². The monoisotopic (exact) mass is 311 g/mol. The van der Waals surface area contributed by atoms with Crippen LogP contribution in [0.2, 0.25) is 0 Å². The van der Waals surface area contributed by atoms with Crippen molar-refractivity contribution in [3.63, 3.8) is 0 Å². The molecule has 0 aliphatic carbocycles. The summed E-state index contributed by atoms with van der Waals surface area (Å²) in [5.41, 5.74) is 1.57. The first-order chi connectivity index (χ1) is 11.1. The molecule has 1 aromatic heterocycles. The standard InChI is InChI=1S/C17H13FN2O3/c1-23-14-7-5-10(9-12(14)18)6-8-15-19-13-4-2-3-11(17(21)22)16(13)20-15/h2-9H,1H3,(H,19,20)(H,21,22)/p-1/b8-6+. The molecule has 0 radical (unpaired) electrons. The lowest BCUT2D eigenvalue weighted by Crippen LogP contribution is -2.22. The third kappa shape index (κ3) is 2.91. The zero-order chi connectivity index (χ0) is 16.4. The molecule has 6 heteroatoms. The van der Waals surface area contributed by atoms with Crippen molar-refractivity contribution in [2.45, 2.75) is 0 Å². The molecule has 116 valence electrons. The molecule has 0 fully saturated rings. The van der Waals surface area contributed by atoms with Crippen molar-refractivity contribution in [1.29, 1.82) is 0 Å². The van der Waals surface area contributed by atoms with Crippen LogP contribution in [-0.4, -0.2) is 23.0 Å². The van der Waals surface area contributed by atoms with E-state index in [4.69, 9.17) is 4.74 Å². The lowest BCUT2D eigenvalue weighted by atomic mass is 10.2. The Kier molecular flexibility index (Phi) is 3.80. The first kappa shape index (κ1) is 14.8. The van der Waals surface area contributed by atoms with Crippen LogP contribution < -0.4 is 9.84 Å². The molecule has 0 aliphatic heterocycles. The van der Waals surface area contributed by atoms with Gasteiger partial charge in [0.1, 0.15) is 5.82 Å². The molecule has 1 heterocycles. The van der Waals surface area contributed by atoms with Crippen molar-refractivity contribution in [1.82, 2.24) is 9.97 Å². The largest absolute Gasteiger partial charge is 0.545 e. The molecule has 0 aliphatic rings. The fraction of sp³-hybridized carbons (Fsp3) is 0.0588. The van der Waals surface area contributed by atoms with Gasteiger partial charge in [0, 0.05) is 5.56 Å². The quantitative estimate of drug-likeness (QED) is 0.801. The smallest absolute Gasteiger partial charge is 0.165 e. The van der Waals surface area contributed by atoms with Crippen molar-refractivity contribution in [2.24, 2.45) is 0 Å². The molecule has 23 heavy (non-hydrogen) atoms. The van der Waals surface area contributed by atoms with Gasteiger partial charge in [-0.1, -0.05) is 24.3 Å². The van der Waals surface area contributed by atoms with Crippen LogP contribution in [-0.2, 0) is 0 Å². The highest BCUT2D eigenvalue weighted by atomic mass is 19.1. The SMILES string of the molecule is COc1ccc(/C=C/c2nc3c(C(=O)[O-])cccc3[nH]2)cc1F. The number of carbonyl (C=O) groups is 1. The van der Waals surface area contributed by atoms with Gasteiger partial charge in [0.05, 0.1) is 24.1 Å². The first-order valence-corrected chi connectivity index (χ1v) is 6.80. The zero-order valence-electron chi connectivity index (χ0n) is 12.2. The summed E-state index contributed by atoms with van der Waals surface area (Å²) in [7, 11) is 1.40. The number of carboxylic acid groups (broad SMARTS) is 1. The Balaban J connectivity index is 1.94. The number of aromatic carboxylic acids is 1. The Morgan fingerprint density at radius 2 is 2.13 bits per heavy atom. The molecule has 0 atom stereocenters. The van der Waals surface area contributed by atoms with Crippen molar-refractivity contribution in [3.05, 3.63) is 59.2 Å². The fourth-order valence-electron chi connectivity index (χ4n) is 2.26. The summed E-state index contributed by atoms with van der Waals surface area (Å²) in [6.07, 6.45) is 3.30. The average molecular weight is 311 g/mol. The molecule has 0 saturated carbocycles. The van der Waals surface area contributed by atoms with Crippen molar-refractivity contribution in [3.8, 4) is 5.75 Å². The van der Waals surface area contributed by atoms with Crippen LogP contribution in [0, 0.1) is 5.82 Å². The molecule has 3 rings (SSSR count). The Morgan fingerprint density at radius 1 is 1.30 bits per heavy atom. The highest BCUT2D eigenvalue weighted by Gasteiger charge is 2.06. The maximum Gasteiger partial charge on any atom is 0.165 e. The zero-order valence-corrected chi connectivity index (χ0v) is 12.2. The second-order valence-electron chi connectivity index (χ2n) is 4.84. The van der Waals surface area contributed by atoms with E-state index in [1.54, 1.807) is 30.4 Å². The number of nitrogens with one attached hydrogen (secondary N) is 1. The number of imidazole rings is 1. The fourth-order valence-corrected chi connectivity index (χ4v) is 2.26. The summed E-state index contributed by atoms with van der Waals surface area (Å²) in [6, 6.07) is 9.34. The molecule has 1 N–H and O–H groups in total. The number of fused-ring (bicyclic) bond motifs is 1. The van der Waals surface area contributed by atoms with Crippen molar-refractivity contribution >= 4 is 29.2 Å². The van der Waals surface area contributed by atoms with Crippen LogP contribution in [0.3, 0.4) is 0 Å². The minimum absolute atomic E-state index is 0.0221. The number of para-hydroxylation sites is 1. The van der Waals surface area contributed by atoms with Crippen LogP contribution >= 0.6 is 0 Å². The third-order valence-electron chi connectivity index (χ3n) is 3.36. The number of rotatable bonds is 4. The summed E-state index contributed by atoms with van der Waals surface area (Å²) >= 11 is 0. The van der Waals surface area contributed by atoms with Crippen LogP contribution in [0.5, 0.6) is 5.75 Å². The van der Waals surface area contributed by atoms with Crippen LogP contribution in [0.25, 0.3) is 23.2 Å². The maximum atomic E-state index is 13.6. The Bertz CT molecular complexity index is 915. The van der Waals surface area contributed by atoms with Gasteiger partial charge in [-0.3, -0.25) is 0 Å². The van der Waals surface area contributed by atoms with Gasteiger partial charge in [0.15, 0.2) is 11.6 Å². The molecule has 0 saturated heterocycles. The van der Waals surface area contributed by atoms with Crippen molar-refractivity contribution < 1.29 is 19.0 Å². The van der Waals surface area contributed by atoms with E-state index in [0.717, 1.165) is 0 Å². The third-order valence-corrected chi connectivity index (χ3v) is 3.36. The first-order valence-electron chi connectivity index (χ1n) is 6.80. The predicted octanol–water partition coefficient (Wildman–Crippen LogP) is 2.24. The van der Waals surface area contributed by atoms with E-state index in [9.17, 15) is 14.3 Å². The summed E-state index contributed by atoms with van der Waals surface area (Å²) in [4.78, 5) is 18.3. The number of aromatic amines is 1. The number of halogens is 1. The maximum absolute atomic E-state index is 13.6. The number of methoxy groups -OCH3 is 1. The molecule has 5 nitrogen and oxygen atoms in total. The predicted molar refractivity (Wildman–Crippen MR) is 82.3 cm³/mol. The van der Waals surface area contributed by atoms with Crippen molar-refractivity contribution in [2.75, 3.05) is 7.11 Å². The molecule has 0 amide bonds. The summed E-state index contributed by atoms with van der Waals surface area (Å²) < 4.78 is 18.5. The highest BCUT2D eigenvalue weighted by Crippen LogP contribution is 2.20. The van der Waals surface area contributed by atoms with Gasteiger partial charge >= 0.3 is 0 Å². The van der Waals surface area contributed by atoms with E-state index in [2.05, 4.69) is 9.97 Å². The van der Waals surface area contributed by atoms with Crippen LogP contribution in [0.1, 0.15) is 21.7 Å². The van der Waals surface area contributed by atoms with E-state index < -0.39 is 11.8 Å². The molecule has 0 spiro atoms. The molecular weight excluding hydrogens is 299 g/mol.